The van der Waals surface area contributed by atoms with Crippen molar-refractivity contribution in [3.8, 4) is 0 Å². The van der Waals surface area contributed by atoms with Gasteiger partial charge in [-0.3, -0.25) is 4.68 Å². The third-order valence-corrected chi connectivity index (χ3v) is 5.86. The molecule has 3 nitrogen and oxygen atoms in total. The molecule has 21 heavy (non-hydrogen) atoms. The molecule has 0 spiro atoms. The molecule has 4 heteroatoms. The fraction of sp³-hybridized carbons (Fsp3) is 0.824. The first-order valence-corrected chi connectivity index (χ1v) is 8.97. The third kappa shape index (κ3) is 3.00. The summed E-state index contributed by atoms with van der Waals surface area (Å²) in [4.78, 5) is 0. The molecule has 2 aliphatic rings. The van der Waals surface area contributed by atoms with E-state index < -0.39 is 0 Å². The first-order valence-electron chi connectivity index (χ1n) is 8.44. The Morgan fingerprint density at radius 3 is 2.81 bits per heavy atom. The lowest BCUT2D eigenvalue weighted by molar-refractivity contribution is 0.0398. The number of alkyl halides is 1. The number of halogens is 1. The van der Waals surface area contributed by atoms with Gasteiger partial charge in [0.25, 0.3) is 0 Å². The highest BCUT2D eigenvalue weighted by molar-refractivity contribution is 6.18. The summed E-state index contributed by atoms with van der Waals surface area (Å²) in [5.41, 5.74) is 1.29. The molecule has 0 amide bonds. The number of hydrogen-bond donors (Lipinski definition) is 0. The zero-order valence-corrected chi connectivity index (χ0v) is 14.0. The quantitative estimate of drug-likeness (QED) is 0.705. The van der Waals surface area contributed by atoms with E-state index in [-0.39, 0.29) is 5.41 Å². The minimum atomic E-state index is 0.107. The lowest BCUT2D eigenvalue weighted by atomic mass is 9.77. The zero-order valence-electron chi connectivity index (χ0n) is 13.2. The van der Waals surface area contributed by atoms with Crippen molar-refractivity contribution in [3.63, 3.8) is 0 Å². The van der Waals surface area contributed by atoms with Crippen molar-refractivity contribution < 1.29 is 4.74 Å². The van der Waals surface area contributed by atoms with E-state index in [4.69, 9.17) is 21.4 Å². The molecule has 1 saturated carbocycles. The molecule has 118 valence electrons. The maximum Gasteiger partial charge on any atom is 0.0675 e. The topological polar surface area (TPSA) is 27.1 Å². The number of ether oxygens (including phenoxy) is 1. The average Bonchev–Trinajstić information content (AvgIpc) is 3.10. The molecule has 1 aromatic rings. The lowest BCUT2D eigenvalue weighted by Crippen LogP contribution is -2.36. The molecule has 0 N–H and O–H groups in total. The van der Waals surface area contributed by atoms with Crippen LogP contribution in [0.5, 0.6) is 0 Å². The van der Waals surface area contributed by atoms with Crippen LogP contribution in [0.2, 0.25) is 0 Å². The highest BCUT2D eigenvalue weighted by atomic mass is 35.5. The minimum Gasteiger partial charge on any atom is -0.377 e. The van der Waals surface area contributed by atoms with Gasteiger partial charge in [-0.25, -0.2) is 0 Å². The molecular formula is C17H27ClN2O. The predicted octanol–water partition coefficient (Wildman–Crippen LogP) is 4.21. The summed E-state index contributed by atoms with van der Waals surface area (Å²) < 4.78 is 8.17. The zero-order chi connectivity index (χ0) is 14.9. The van der Waals surface area contributed by atoms with Crippen LogP contribution in [0.15, 0.2) is 12.3 Å². The molecule has 2 unspecified atom stereocenters. The molecule has 1 aliphatic heterocycles. The Bertz CT molecular complexity index is 467. The van der Waals surface area contributed by atoms with E-state index in [1.165, 1.54) is 18.5 Å². The maximum absolute atomic E-state index is 6.39. The fourth-order valence-electron chi connectivity index (χ4n) is 3.82. The van der Waals surface area contributed by atoms with Crippen molar-refractivity contribution in [3.05, 3.63) is 18.0 Å². The SMILES string of the molecule is CCC(CC)n1ccc(CC2(CCl)CCOC2C2CC2)n1. The molecule has 2 heterocycles. The highest BCUT2D eigenvalue weighted by Gasteiger charge is 2.50. The van der Waals surface area contributed by atoms with Gasteiger partial charge < -0.3 is 4.74 Å². The molecule has 2 fully saturated rings. The second-order valence-corrected chi connectivity index (χ2v) is 7.08. The Balaban J connectivity index is 1.75. The van der Waals surface area contributed by atoms with Gasteiger partial charge in [0.05, 0.1) is 17.8 Å². The van der Waals surface area contributed by atoms with Crippen LogP contribution >= 0.6 is 11.6 Å². The normalized spacial score (nSPS) is 29.4. The minimum absolute atomic E-state index is 0.107. The van der Waals surface area contributed by atoms with Crippen molar-refractivity contribution in [1.29, 1.82) is 0 Å². The van der Waals surface area contributed by atoms with Crippen LogP contribution in [0.1, 0.15) is 57.7 Å². The van der Waals surface area contributed by atoms with E-state index in [1.54, 1.807) is 0 Å². The molecule has 0 aromatic carbocycles. The van der Waals surface area contributed by atoms with Crippen LogP contribution < -0.4 is 0 Å². The molecule has 2 atom stereocenters. The highest BCUT2D eigenvalue weighted by Crippen LogP contribution is 2.49. The van der Waals surface area contributed by atoms with Crippen molar-refractivity contribution >= 4 is 11.6 Å². The Kier molecular flexibility index (Phi) is 4.60. The first kappa shape index (κ1) is 15.4. The molecule has 3 rings (SSSR count). The summed E-state index contributed by atoms with van der Waals surface area (Å²) in [5.74, 6) is 1.43. The lowest BCUT2D eigenvalue weighted by Gasteiger charge is -2.31. The van der Waals surface area contributed by atoms with Crippen molar-refractivity contribution in [2.75, 3.05) is 12.5 Å². The largest absolute Gasteiger partial charge is 0.377 e. The molecule has 1 saturated heterocycles. The Morgan fingerprint density at radius 1 is 1.43 bits per heavy atom. The van der Waals surface area contributed by atoms with Gasteiger partial charge in [-0.15, -0.1) is 11.6 Å². The van der Waals surface area contributed by atoms with Gasteiger partial charge in [-0.05, 0) is 44.1 Å². The van der Waals surface area contributed by atoms with Crippen LogP contribution in [0.4, 0.5) is 0 Å². The summed E-state index contributed by atoms with van der Waals surface area (Å²) in [6, 6.07) is 2.69. The number of aromatic nitrogens is 2. The molecule has 0 bridgehead atoms. The van der Waals surface area contributed by atoms with Crippen molar-refractivity contribution in [2.45, 2.75) is 64.5 Å². The standard InChI is InChI=1S/C17H27ClN2O/c1-3-15(4-2)20-9-7-14(19-20)11-17(12-18)8-10-21-16(17)13-5-6-13/h7,9,13,15-16H,3-6,8,10-12H2,1-2H3. The van der Waals surface area contributed by atoms with Crippen LogP contribution in [0, 0.1) is 11.3 Å². The van der Waals surface area contributed by atoms with E-state index >= 15 is 0 Å². The summed E-state index contributed by atoms with van der Waals surface area (Å²) in [6.07, 6.45) is 9.42. The smallest absolute Gasteiger partial charge is 0.0675 e. The second-order valence-electron chi connectivity index (χ2n) is 6.81. The van der Waals surface area contributed by atoms with Gasteiger partial charge in [0, 0.05) is 30.5 Å². The van der Waals surface area contributed by atoms with Gasteiger partial charge in [0.1, 0.15) is 0 Å². The number of rotatable bonds is 7. The molecule has 1 aromatic heterocycles. The molecule has 0 radical (unpaired) electrons. The van der Waals surface area contributed by atoms with E-state index in [0.717, 1.165) is 38.2 Å². The van der Waals surface area contributed by atoms with E-state index in [0.29, 0.717) is 18.0 Å². The average molecular weight is 311 g/mol. The van der Waals surface area contributed by atoms with Crippen LogP contribution in [0.3, 0.4) is 0 Å². The summed E-state index contributed by atoms with van der Waals surface area (Å²) in [5, 5.41) is 4.83. The second kappa shape index (κ2) is 6.29. The van der Waals surface area contributed by atoms with E-state index in [9.17, 15) is 0 Å². The van der Waals surface area contributed by atoms with E-state index in [2.05, 4.69) is 30.8 Å². The summed E-state index contributed by atoms with van der Waals surface area (Å²) in [6.45, 7) is 5.31. The van der Waals surface area contributed by atoms with Crippen molar-refractivity contribution in [1.82, 2.24) is 9.78 Å². The van der Waals surface area contributed by atoms with E-state index in [1.807, 2.05) is 0 Å². The van der Waals surface area contributed by atoms with Gasteiger partial charge in [0.2, 0.25) is 0 Å². The maximum atomic E-state index is 6.39. The van der Waals surface area contributed by atoms with Gasteiger partial charge in [0.15, 0.2) is 0 Å². The Labute approximate surface area is 133 Å². The van der Waals surface area contributed by atoms with Crippen LogP contribution in [-0.4, -0.2) is 28.4 Å². The monoisotopic (exact) mass is 310 g/mol. The summed E-state index contributed by atoms with van der Waals surface area (Å²) >= 11 is 6.39. The van der Waals surface area contributed by atoms with Gasteiger partial charge in [-0.2, -0.15) is 5.10 Å². The Morgan fingerprint density at radius 2 is 2.19 bits per heavy atom. The molecule has 1 aliphatic carbocycles. The number of nitrogens with zero attached hydrogens (tertiary/aromatic N) is 2. The van der Waals surface area contributed by atoms with Crippen LogP contribution in [-0.2, 0) is 11.2 Å². The third-order valence-electron chi connectivity index (χ3n) is 5.33. The first-order chi connectivity index (χ1) is 10.2. The Hall–Kier alpha value is -0.540. The van der Waals surface area contributed by atoms with Crippen LogP contribution in [0.25, 0.3) is 0 Å². The number of hydrogen-bond acceptors (Lipinski definition) is 2. The van der Waals surface area contributed by atoms with Gasteiger partial charge >= 0.3 is 0 Å². The molecular weight excluding hydrogens is 284 g/mol. The fourth-order valence-corrected chi connectivity index (χ4v) is 4.20. The summed E-state index contributed by atoms with van der Waals surface area (Å²) in [7, 11) is 0. The van der Waals surface area contributed by atoms with Crippen molar-refractivity contribution in [2.24, 2.45) is 11.3 Å². The van der Waals surface area contributed by atoms with Gasteiger partial charge in [-0.1, -0.05) is 13.8 Å². The predicted molar refractivity (Wildman–Crippen MR) is 85.8 cm³/mol.